The van der Waals surface area contributed by atoms with Gasteiger partial charge in [0.25, 0.3) is 0 Å². The molecule has 4 rings (SSSR count). The van der Waals surface area contributed by atoms with Crippen molar-refractivity contribution in [2.24, 2.45) is 4.99 Å². The second kappa shape index (κ2) is 7.91. The van der Waals surface area contributed by atoms with Gasteiger partial charge in [0.05, 0.1) is 13.2 Å². The topological polar surface area (TPSA) is 54.9 Å². The maximum absolute atomic E-state index is 5.77. The van der Waals surface area contributed by atoms with Gasteiger partial charge in [-0.3, -0.25) is 4.99 Å². The van der Waals surface area contributed by atoms with Gasteiger partial charge in [-0.1, -0.05) is 36.4 Å². The van der Waals surface area contributed by atoms with Crippen molar-refractivity contribution >= 4 is 5.96 Å². The van der Waals surface area contributed by atoms with E-state index < -0.39 is 0 Å². The molecule has 2 N–H and O–H groups in total. The highest BCUT2D eigenvalue weighted by molar-refractivity contribution is 5.79. The summed E-state index contributed by atoms with van der Waals surface area (Å²) in [6, 6.07) is 16.9. The highest BCUT2D eigenvalue weighted by Gasteiger charge is 2.43. The average Bonchev–Trinajstić information content (AvgIpc) is 3.53. The molecule has 0 unspecified atom stereocenters. The van der Waals surface area contributed by atoms with Gasteiger partial charge in [0, 0.05) is 32.0 Å². The fourth-order valence-electron chi connectivity index (χ4n) is 3.49. The van der Waals surface area contributed by atoms with Crippen LogP contribution in [0.15, 0.2) is 53.5 Å². The van der Waals surface area contributed by atoms with Crippen LogP contribution in [0.2, 0.25) is 0 Å². The first-order valence-corrected chi connectivity index (χ1v) is 9.68. The van der Waals surface area contributed by atoms with Crippen LogP contribution in [0.25, 0.3) is 0 Å². The summed E-state index contributed by atoms with van der Waals surface area (Å²) in [5.74, 6) is 2.48. The first-order valence-electron chi connectivity index (χ1n) is 9.68. The van der Waals surface area contributed by atoms with E-state index in [0.29, 0.717) is 19.8 Å². The lowest BCUT2D eigenvalue weighted by molar-refractivity contribution is 0.297. The Morgan fingerprint density at radius 3 is 2.52 bits per heavy atom. The Bertz CT molecular complexity index is 800. The molecule has 1 aliphatic carbocycles. The zero-order valence-electron chi connectivity index (χ0n) is 15.8. The quantitative estimate of drug-likeness (QED) is 0.631. The molecule has 2 aliphatic rings. The Labute approximate surface area is 160 Å². The molecule has 5 heteroatoms. The van der Waals surface area contributed by atoms with Crippen LogP contribution in [0.5, 0.6) is 11.5 Å². The smallest absolute Gasteiger partial charge is 0.191 e. The maximum Gasteiger partial charge on any atom is 0.191 e. The third-order valence-corrected chi connectivity index (χ3v) is 5.33. The van der Waals surface area contributed by atoms with Gasteiger partial charge < -0.3 is 20.1 Å². The molecular formula is C22H27N3O2. The van der Waals surface area contributed by atoms with Crippen molar-refractivity contribution in [3.63, 3.8) is 0 Å². The molecular weight excluding hydrogens is 338 g/mol. The van der Waals surface area contributed by atoms with Crippen LogP contribution in [0, 0.1) is 0 Å². The van der Waals surface area contributed by atoms with E-state index in [0.717, 1.165) is 36.0 Å². The van der Waals surface area contributed by atoms with Gasteiger partial charge >= 0.3 is 0 Å². The third-order valence-electron chi connectivity index (χ3n) is 5.33. The van der Waals surface area contributed by atoms with E-state index in [4.69, 9.17) is 9.47 Å². The van der Waals surface area contributed by atoms with Crippen LogP contribution in [0.1, 0.15) is 30.4 Å². The molecule has 0 radical (unpaired) electrons. The van der Waals surface area contributed by atoms with Gasteiger partial charge in [0.1, 0.15) is 0 Å². The predicted octanol–water partition coefficient (Wildman–Crippen LogP) is 3.24. The van der Waals surface area contributed by atoms with E-state index in [1.807, 2.05) is 19.2 Å². The number of rotatable bonds is 5. The fourth-order valence-corrected chi connectivity index (χ4v) is 3.49. The summed E-state index contributed by atoms with van der Waals surface area (Å²) in [5, 5.41) is 6.90. The van der Waals surface area contributed by atoms with Crippen molar-refractivity contribution in [3.05, 3.63) is 59.7 Å². The number of benzene rings is 2. The standard InChI is InChI=1S/C22H27N3O2/c1-23-21(25-16-22(10-11-22)18-6-3-2-4-7-18)24-15-17-8-9-19-20(14-17)27-13-5-12-26-19/h2-4,6-9,14H,5,10-13,15-16H2,1H3,(H2,23,24,25). The van der Waals surface area contributed by atoms with Gasteiger partial charge in [-0.25, -0.2) is 0 Å². The predicted molar refractivity (Wildman–Crippen MR) is 108 cm³/mol. The van der Waals surface area contributed by atoms with Crippen LogP contribution >= 0.6 is 0 Å². The molecule has 5 nitrogen and oxygen atoms in total. The third kappa shape index (κ3) is 4.18. The van der Waals surface area contributed by atoms with E-state index in [9.17, 15) is 0 Å². The summed E-state index contributed by atoms with van der Waals surface area (Å²) in [6.07, 6.45) is 3.37. The minimum Gasteiger partial charge on any atom is -0.490 e. The summed E-state index contributed by atoms with van der Waals surface area (Å²) in [4.78, 5) is 4.37. The molecule has 2 aromatic carbocycles. The van der Waals surface area contributed by atoms with Crippen molar-refractivity contribution in [3.8, 4) is 11.5 Å². The number of nitrogens with one attached hydrogen (secondary N) is 2. The van der Waals surface area contributed by atoms with E-state index in [1.54, 1.807) is 0 Å². The van der Waals surface area contributed by atoms with Gasteiger partial charge in [-0.05, 0) is 36.1 Å². The molecule has 0 bridgehead atoms. The molecule has 1 saturated carbocycles. The van der Waals surface area contributed by atoms with Crippen molar-refractivity contribution in [2.45, 2.75) is 31.2 Å². The van der Waals surface area contributed by atoms with Crippen molar-refractivity contribution in [1.82, 2.24) is 10.6 Å². The lowest BCUT2D eigenvalue weighted by Crippen LogP contribution is -2.40. The van der Waals surface area contributed by atoms with Gasteiger partial charge in [0.2, 0.25) is 0 Å². The summed E-state index contributed by atoms with van der Waals surface area (Å²) < 4.78 is 11.5. The number of aliphatic imine (C=N–C) groups is 1. The molecule has 0 spiro atoms. The SMILES string of the molecule is CN=C(NCc1ccc2c(c1)OCCCO2)NCC1(c2ccccc2)CC1. The number of hydrogen-bond donors (Lipinski definition) is 2. The summed E-state index contributed by atoms with van der Waals surface area (Å²) in [5.41, 5.74) is 2.82. The van der Waals surface area contributed by atoms with Gasteiger partial charge in [0.15, 0.2) is 17.5 Å². The molecule has 0 atom stereocenters. The van der Waals surface area contributed by atoms with Crippen LogP contribution < -0.4 is 20.1 Å². The van der Waals surface area contributed by atoms with E-state index in [-0.39, 0.29) is 5.41 Å². The van der Waals surface area contributed by atoms with Crippen LogP contribution in [0.4, 0.5) is 0 Å². The lowest BCUT2D eigenvalue weighted by Gasteiger charge is -2.19. The Hall–Kier alpha value is -2.69. The molecule has 1 aliphatic heterocycles. The second-order valence-electron chi connectivity index (χ2n) is 7.26. The number of fused-ring (bicyclic) bond motifs is 1. The second-order valence-corrected chi connectivity index (χ2v) is 7.26. The first-order chi connectivity index (χ1) is 13.3. The highest BCUT2D eigenvalue weighted by Crippen LogP contribution is 2.47. The molecule has 27 heavy (non-hydrogen) atoms. The maximum atomic E-state index is 5.77. The average molecular weight is 365 g/mol. The zero-order chi connectivity index (χ0) is 18.5. The molecule has 0 saturated heterocycles. The monoisotopic (exact) mass is 365 g/mol. The number of hydrogen-bond acceptors (Lipinski definition) is 3. The molecule has 0 aromatic heterocycles. The lowest BCUT2D eigenvalue weighted by atomic mass is 9.96. The zero-order valence-corrected chi connectivity index (χ0v) is 15.8. The fraction of sp³-hybridized carbons (Fsp3) is 0.409. The number of ether oxygens (including phenoxy) is 2. The van der Waals surface area contributed by atoms with Crippen molar-refractivity contribution in [1.29, 1.82) is 0 Å². The molecule has 1 fully saturated rings. The van der Waals surface area contributed by atoms with Crippen LogP contribution in [-0.2, 0) is 12.0 Å². The first kappa shape index (κ1) is 17.7. The Morgan fingerprint density at radius 1 is 1.00 bits per heavy atom. The van der Waals surface area contributed by atoms with Gasteiger partial charge in [-0.2, -0.15) is 0 Å². The van der Waals surface area contributed by atoms with Crippen LogP contribution in [-0.4, -0.2) is 32.8 Å². The normalized spacial score (nSPS) is 17.7. The number of nitrogens with zero attached hydrogens (tertiary/aromatic N) is 1. The minimum atomic E-state index is 0.258. The molecule has 142 valence electrons. The molecule has 0 amide bonds. The van der Waals surface area contributed by atoms with Crippen molar-refractivity contribution in [2.75, 3.05) is 26.8 Å². The molecule has 2 aromatic rings. The molecule has 1 heterocycles. The van der Waals surface area contributed by atoms with E-state index in [2.05, 4.69) is 52.0 Å². The Kier molecular flexibility index (Phi) is 5.19. The minimum absolute atomic E-state index is 0.258. The largest absolute Gasteiger partial charge is 0.490 e. The summed E-state index contributed by atoms with van der Waals surface area (Å²) >= 11 is 0. The Morgan fingerprint density at radius 2 is 1.78 bits per heavy atom. The van der Waals surface area contributed by atoms with E-state index >= 15 is 0 Å². The number of guanidine groups is 1. The highest BCUT2D eigenvalue weighted by atomic mass is 16.5. The Balaban J connectivity index is 1.33. The van der Waals surface area contributed by atoms with Crippen molar-refractivity contribution < 1.29 is 9.47 Å². The van der Waals surface area contributed by atoms with Crippen LogP contribution in [0.3, 0.4) is 0 Å². The van der Waals surface area contributed by atoms with E-state index in [1.165, 1.54) is 18.4 Å². The summed E-state index contributed by atoms with van der Waals surface area (Å²) in [7, 11) is 1.81. The van der Waals surface area contributed by atoms with Gasteiger partial charge in [-0.15, -0.1) is 0 Å². The summed E-state index contributed by atoms with van der Waals surface area (Å²) in [6.45, 7) is 3.01.